The molecule has 0 radical (unpaired) electrons. The fourth-order valence-corrected chi connectivity index (χ4v) is 4.57. The number of hydrogen-bond donors (Lipinski definition) is 1. The maximum atomic E-state index is 11.0. The van der Waals surface area contributed by atoms with Crippen LogP contribution in [-0.4, -0.2) is 38.9 Å². The normalized spacial score (nSPS) is 19.6. The number of ether oxygens (including phenoxy) is 1. The van der Waals surface area contributed by atoms with Gasteiger partial charge in [-0.3, -0.25) is 4.79 Å². The second-order valence-electron chi connectivity index (χ2n) is 6.64. The van der Waals surface area contributed by atoms with Crippen molar-refractivity contribution in [2.45, 2.75) is 20.8 Å². The number of nitrogens with zero attached hydrogens (tertiary/aromatic N) is 2. The van der Waals surface area contributed by atoms with Gasteiger partial charge in [-0.05, 0) is 61.8 Å². The van der Waals surface area contributed by atoms with E-state index in [0.717, 1.165) is 27.8 Å². The van der Waals surface area contributed by atoms with Crippen molar-refractivity contribution in [1.82, 2.24) is 4.90 Å². The molecule has 0 amide bonds. The Morgan fingerprint density at radius 3 is 2.64 bits per heavy atom. The van der Waals surface area contributed by atoms with Crippen LogP contribution in [0.2, 0.25) is 0 Å². The fourth-order valence-electron chi connectivity index (χ4n) is 2.79. The van der Waals surface area contributed by atoms with Gasteiger partial charge in [0.2, 0.25) is 0 Å². The molecule has 0 bridgehead atoms. The van der Waals surface area contributed by atoms with Crippen LogP contribution in [0.4, 0.5) is 5.69 Å². The zero-order valence-electron chi connectivity index (χ0n) is 16.0. The van der Waals surface area contributed by atoms with E-state index in [0.29, 0.717) is 9.31 Å². The number of carboxylic acid groups (broad SMARTS) is 1. The summed E-state index contributed by atoms with van der Waals surface area (Å²) >= 11 is 11.9. The van der Waals surface area contributed by atoms with Crippen molar-refractivity contribution >= 4 is 57.2 Å². The first-order valence-electron chi connectivity index (χ1n) is 8.56. The first-order chi connectivity index (χ1) is 13.2. The van der Waals surface area contributed by atoms with E-state index in [4.69, 9.17) is 34.3 Å². The highest BCUT2D eigenvalue weighted by Gasteiger charge is 2.30. The van der Waals surface area contributed by atoms with Gasteiger partial charge in [-0.25, -0.2) is 0 Å². The minimum absolute atomic E-state index is 0.218. The number of benzene rings is 1. The van der Waals surface area contributed by atoms with Crippen molar-refractivity contribution in [3.05, 3.63) is 57.8 Å². The summed E-state index contributed by atoms with van der Waals surface area (Å²) in [6.45, 7) is 5.88. The van der Waals surface area contributed by atoms with Crippen LogP contribution >= 0.6 is 36.2 Å². The summed E-state index contributed by atoms with van der Waals surface area (Å²) in [6, 6.07) is 4.17. The molecule has 1 saturated heterocycles. The number of hydrogen-bond acceptors (Lipinski definition) is 6. The molecule has 1 fully saturated rings. The maximum absolute atomic E-state index is 11.0. The van der Waals surface area contributed by atoms with Gasteiger partial charge in [0.1, 0.15) is 15.9 Å². The largest absolute Gasteiger partial charge is 0.480 e. The van der Waals surface area contributed by atoms with Gasteiger partial charge < -0.3 is 19.6 Å². The SMILES string of the molecule is CC(=CC=C1Oc2cc(C)c(C)cc2N1C)C=C1SC(=S)N(CC(=O)O)C1=S. The zero-order valence-corrected chi connectivity index (χ0v) is 18.4. The monoisotopic (exact) mass is 432 g/mol. The summed E-state index contributed by atoms with van der Waals surface area (Å²) in [7, 11) is 1.97. The van der Waals surface area contributed by atoms with Crippen molar-refractivity contribution in [3.8, 4) is 5.75 Å². The maximum Gasteiger partial charge on any atom is 0.323 e. The molecule has 146 valence electrons. The van der Waals surface area contributed by atoms with E-state index >= 15 is 0 Å². The second-order valence-corrected chi connectivity index (χ2v) is 8.70. The summed E-state index contributed by atoms with van der Waals surface area (Å²) in [6.07, 6.45) is 5.76. The Hall–Kier alpha value is -2.16. The molecule has 2 aliphatic heterocycles. The van der Waals surface area contributed by atoms with E-state index < -0.39 is 5.97 Å². The molecule has 5 nitrogen and oxygen atoms in total. The number of thioether (sulfide) groups is 1. The summed E-state index contributed by atoms with van der Waals surface area (Å²) in [5, 5.41) is 8.99. The van der Waals surface area contributed by atoms with Crippen LogP contribution in [0.3, 0.4) is 0 Å². The quantitative estimate of drug-likeness (QED) is 0.549. The number of carboxylic acids is 1. The summed E-state index contributed by atoms with van der Waals surface area (Å²) < 4.78 is 6.43. The van der Waals surface area contributed by atoms with E-state index in [1.165, 1.54) is 27.8 Å². The molecule has 0 spiro atoms. The first kappa shape index (κ1) is 20.6. The molecule has 0 unspecified atom stereocenters. The molecule has 0 aliphatic carbocycles. The molecule has 8 heteroatoms. The van der Waals surface area contributed by atoms with E-state index in [2.05, 4.69) is 19.9 Å². The van der Waals surface area contributed by atoms with Crippen LogP contribution in [-0.2, 0) is 4.79 Å². The molecule has 1 N–H and O–H groups in total. The number of anilines is 1. The van der Waals surface area contributed by atoms with Crippen LogP contribution in [0.5, 0.6) is 5.75 Å². The smallest absolute Gasteiger partial charge is 0.323 e. The van der Waals surface area contributed by atoms with E-state index in [1.807, 2.05) is 43.2 Å². The Labute approximate surface area is 179 Å². The van der Waals surface area contributed by atoms with Crippen LogP contribution < -0.4 is 9.64 Å². The molecular formula is C20H20N2O3S3. The lowest BCUT2D eigenvalue weighted by Gasteiger charge is -2.12. The molecule has 28 heavy (non-hydrogen) atoms. The lowest BCUT2D eigenvalue weighted by molar-refractivity contribution is -0.136. The molecule has 2 heterocycles. The van der Waals surface area contributed by atoms with E-state index in [1.54, 1.807) is 0 Å². The number of fused-ring (bicyclic) bond motifs is 1. The van der Waals surface area contributed by atoms with Gasteiger partial charge >= 0.3 is 5.97 Å². The Kier molecular flexibility index (Phi) is 5.92. The second kappa shape index (κ2) is 8.06. The van der Waals surface area contributed by atoms with Crippen LogP contribution in [0.15, 0.2) is 46.7 Å². The molecule has 0 aromatic heterocycles. The number of thiocarbonyl (C=S) groups is 2. The van der Waals surface area contributed by atoms with Crippen LogP contribution in [0.25, 0.3) is 0 Å². The summed E-state index contributed by atoms with van der Waals surface area (Å²) in [5.74, 6) is 0.626. The number of allylic oxidation sites excluding steroid dienone is 4. The van der Waals surface area contributed by atoms with Gasteiger partial charge in [0.15, 0.2) is 11.6 Å². The van der Waals surface area contributed by atoms with Gasteiger partial charge in [0, 0.05) is 12.0 Å². The predicted octanol–water partition coefficient (Wildman–Crippen LogP) is 4.55. The molecule has 2 aliphatic rings. The van der Waals surface area contributed by atoms with Gasteiger partial charge in [-0.2, -0.15) is 0 Å². The molecule has 0 saturated carbocycles. The number of aryl methyl sites for hydroxylation is 2. The van der Waals surface area contributed by atoms with E-state index in [9.17, 15) is 4.79 Å². The zero-order chi connectivity index (χ0) is 20.6. The number of aliphatic carboxylic acids is 1. The fraction of sp³-hybridized carbons (Fsp3) is 0.250. The van der Waals surface area contributed by atoms with Crippen LogP contribution in [0, 0.1) is 13.8 Å². The third-order valence-electron chi connectivity index (χ3n) is 4.50. The first-order valence-corrected chi connectivity index (χ1v) is 10.2. The predicted molar refractivity (Wildman–Crippen MR) is 122 cm³/mol. The van der Waals surface area contributed by atoms with Gasteiger partial charge in [0.25, 0.3) is 0 Å². The lowest BCUT2D eigenvalue weighted by Crippen LogP contribution is -2.32. The summed E-state index contributed by atoms with van der Waals surface area (Å²) in [5.41, 5.74) is 4.41. The summed E-state index contributed by atoms with van der Waals surface area (Å²) in [4.78, 5) is 15.7. The molecule has 1 aromatic carbocycles. The minimum atomic E-state index is -0.963. The van der Waals surface area contributed by atoms with Crippen molar-refractivity contribution in [3.63, 3.8) is 0 Å². The van der Waals surface area contributed by atoms with Crippen molar-refractivity contribution < 1.29 is 14.6 Å². The third-order valence-corrected chi connectivity index (χ3v) is 6.46. The highest BCUT2D eigenvalue weighted by atomic mass is 32.2. The Bertz CT molecular complexity index is 979. The lowest BCUT2D eigenvalue weighted by atomic mass is 10.1. The minimum Gasteiger partial charge on any atom is -0.480 e. The van der Waals surface area contributed by atoms with Gasteiger partial charge in [-0.15, -0.1) is 0 Å². The number of carbonyl (C=O) groups is 1. The van der Waals surface area contributed by atoms with Crippen LogP contribution in [0.1, 0.15) is 18.1 Å². The molecule has 0 atom stereocenters. The Balaban J connectivity index is 1.78. The average molecular weight is 433 g/mol. The molecule has 1 aromatic rings. The standard InChI is InChI=1S/C20H20N2O3S3/c1-11(7-16-19(26)22(10-18(23)24)20(27)28-16)5-6-17-21(4)14-8-12(2)13(3)9-15(14)25-17/h5-9H,10H2,1-4H3,(H,23,24). The van der Waals surface area contributed by atoms with Crippen molar-refractivity contribution in [2.75, 3.05) is 18.5 Å². The third kappa shape index (κ3) is 4.14. The van der Waals surface area contributed by atoms with Gasteiger partial charge in [0.05, 0.1) is 5.69 Å². The average Bonchev–Trinajstić information content (AvgIpc) is 3.05. The highest BCUT2D eigenvalue weighted by Crippen LogP contribution is 2.39. The Morgan fingerprint density at radius 2 is 1.96 bits per heavy atom. The van der Waals surface area contributed by atoms with Crippen molar-refractivity contribution in [2.24, 2.45) is 0 Å². The van der Waals surface area contributed by atoms with Gasteiger partial charge in [-0.1, -0.05) is 42.3 Å². The van der Waals surface area contributed by atoms with Crippen molar-refractivity contribution in [1.29, 1.82) is 0 Å². The Morgan fingerprint density at radius 1 is 1.29 bits per heavy atom. The topological polar surface area (TPSA) is 53.0 Å². The highest BCUT2D eigenvalue weighted by molar-refractivity contribution is 8.27. The van der Waals surface area contributed by atoms with E-state index in [-0.39, 0.29) is 6.54 Å². The molecular weight excluding hydrogens is 412 g/mol. The number of rotatable bonds is 4. The molecule has 3 rings (SSSR count).